The molecule has 0 spiro atoms. The first-order chi connectivity index (χ1) is 8.34. The van der Waals surface area contributed by atoms with Crippen LogP contribution in [0.15, 0.2) is 11.2 Å². The van der Waals surface area contributed by atoms with Crippen LogP contribution in [-0.4, -0.2) is 39.8 Å². The van der Waals surface area contributed by atoms with Crippen LogP contribution in [0.2, 0.25) is 0 Å². The number of aromatic nitrogens is 2. The van der Waals surface area contributed by atoms with Gasteiger partial charge in [-0.2, -0.15) is 4.31 Å². The molecule has 100 valence electrons. The Kier molecular flexibility index (Phi) is 3.43. The molecule has 1 aliphatic heterocycles. The summed E-state index contributed by atoms with van der Waals surface area (Å²) >= 11 is 4.93. The molecule has 2 rings (SSSR count). The number of imidazole rings is 1. The highest BCUT2D eigenvalue weighted by Crippen LogP contribution is 2.25. The quantitative estimate of drug-likeness (QED) is 0.802. The van der Waals surface area contributed by atoms with Gasteiger partial charge in [0.2, 0.25) is 0 Å². The zero-order chi connectivity index (χ0) is 13.5. The van der Waals surface area contributed by atoms with E-state index in [0.717, 1.165) is 6.42 Å². The Morgan fingerprint density at radius 2 is 2.28 bits per heavy atom. The second kappa shape index (κ2) is 4.60. The maximum absolute atomic E-state index is 12.4. The van der Waals surface area contributed by atoms with Crippen molar-refractivity contribution in [1.29, 1.82) is 0 Å². The first-order valence-electron chi connectivity index (χ1n) is 5.65. The van der Waals surface area contributed by atoms with Crippen LogP contribution in [0, 0.1) is 6.92 Å². The number of nitrogens with zero attached hydrogens (tertiary/aromatic N) is 3. The summed E-state index contributed by atoms with van der Waals surface area (Å²) in [5.74, 6) is 0.652. The summed E-state index contributed by atoms with van der Waals surface area (Å²) < 4.78 is 27.9. The van der Waals surface area contributed by atoms with Crippen molar-refractivity contribution in [3.05, 3.63) is 12.0 Å². The monoisotopic (exact) mass is 288 g/mol. The second-order valence-corrected chi connectivity index (χ2v) is 6.72. The Bertz CT molecular complexity index is 559. The summed E-state index contributed by atoms with van der Waals surface area (Å²) in [5.41, 5.74) is 5.60. The van der Waals surface area contributed by atoms with E-state index in [4.69, 9.17) is 18.0 Å². The molecule has 8 heteroatoms. The van der Waals surface area contributed by atoms with Gasteiger partial charge in [-0.3, -0.25) is 0 Å². The molecule has 1 atom stereocenters. The Labute approximate surface area is 112 Å². The smallest absolute Gasteiger partial charge is 0.262 e. The molecule has 0 aliphatic carbocycles. The molecule has 6 nitrogen and oxygen atoms in total. The van der Waals surface area contributed by atoms with E-state index in [1.54, 1.807) is 18.5 Å². The number of nitrogens with two attached hydrogens (primary N) is 1. The third-order valence-corrected chi connectivity index (χ3v) is 5.24. The molecular weight excluding hydrogens is 272 g/mol. The third kappa shape index (κ3) is 2.15. The minimum Gasteiger partial charge on any atom is -0.392 e. The lowest BCUT2D eigenvalue weighted by atomic mass is 10.2. The van der Waals surface area contributed by atoms with E-state index in [0.29, 0.717) is 18.8 Å². The van der Waals surface area contributed by atoms with Crippen molar-refractivity contribution in [2.45, 2.75) is 30.8 Å². The molecule has 0 aromatic carbocycles. The fraction of sp³-hybridized carbons (Fsp3) is 0.600. The van der Waals surface area contributed by atoms with E-state index < -0.39 is 10.0 Å². The molecule has 0 radical (unpaired) electrons. The van der Waals surface area contributed by atoms with Gasteiger partial charge in [0.1, 0.15) is 5.82 Å². The molecule has 0 bridgehead atoms. The topological polar surface area (TPSA) is 81.2 Å². The highest BCUT2D eigenvalue weighted by atomic mass is 32.2. The van der Waals surface area contributed by atoms with E-state index in [2.05, 4.69) is 4.98 Å². The van der Waals surface area contributed by atoms with E-state index in [-0.39, 0.29) is 16.1 Å². The molecule has 18 heavy (non-hydrogen) atoms. The minimum atomic E-state index is -3.60. The van der Waals surface area contributed by atoms with Crippen LogP contribution in [0.3, 0.4) is 0 Å². The van der Waals surface area contributed by atoms with Crippen molar-refractivity contribution in [3.8, 4) is 0 Å². The molecule has 0 saturated carbocycles. The van der Waals surface area contributed by atoms with Crippen LogP contribution < -0.4 is 5.73 Å². The van der Waals surface area contributed by atoms with Crippen molar-refractivity contribution in [2.75, 3.05) is 6.54 Å². The zero-order valence-corrected chi connectivity index (χ0v) is 12.0. The Morgan fingerprint density at radius 3 is 2.78 bits per heavy atom. The Balaban J connectivity index is 2.39. The summed E-state index contributed by atoms with van der Waals surface area (Å²) in [5, 5.41) is 0.0608. The summed E-state index contributed by atoms with van der Waals surface area (Å²) in [7, 11) is -1.84. The van der Waals surface area contributed by atoms with Crippen molar-refractivity contribution < 1.29 is 8.42 Å². The number of hydrogen-bond acceptors (Lipinski definition) is 4. The minimum absolute atomic E-state index is 0.0608. The predicted octanol–water partition coefficient (Wildman–Crippen LogP) is 0.168. The summed E-state index contributed by atoms with van der Waals surface area (Å²) in [6, 6.07) is -0.382. The Morgan fingerprint density at radius 1 is 1.61 bits per heavy atom. The summed E-state index contributed by atoms with van der Waals surface area (Å²) in [4.78, 5) is 4.30. The molecule has 1 aromatic rings. The van der Waals surface area contributed by atoms with Gasteiger partial charge >= 0.3 is 0 Å². The highest BCUT2D eigenvalue weighted by molar-refractivity contribution is 7.89. The number of thiocarbonyl (C=S) groups is 1. The maximum atomic E-state index is 12.4. The van der Waals surface area contributed by atoms with E-state index in [9.17, 15) is 8.42 Å². The zero-order valence-electron chi connectivity index (χ0n) is 10.3. The van der Waals surface area contributed by atoms with Crippen molar-refractivity contribution in [3.63, 3.8) is 0 Å². The van der Waals surface area contributed by atoms with Gasteiger partial charge in [0, 0.05) is 19.8 Å². The predicted molar refractivity (Wildman–Crippen MR) is 71.6 cm³/mol. The molecule has 1 fully saturated rings. The van der Waals surface area contributed by atoms with Gasteiger partial charge in [-0.25, -0.2) is 13.4 Å². The van der Waals surface area contributed by atoms with Crippen molar-refractivity contribution >= 4 is 27.2 Å². The van der Waals surface area contributed by atoms with Gasteiger partial charge in [0.15, 0.2) is 5.03 Å². The standard InChI is InChI=1S/C10H16N4O2S2/c1-7-12-9(6-13(7)2)18(15,16)14-5-3-4-8(14)10(11)17/h6,8H,3-5H2,1-2H3,(H2,11,17). The molecular formula is C10H16N4O2S2. The lowest BCUT2D eigenvalue weighted by molar-refractivity contribution is 0.444. The fourth-order valence-electron chi connectivity index (χ4n) is 2.08. The number of sulfonamides is 1. The van der Waals surface area contributed by atoms with E-state index >= 15 is 0 Å². The molecule has 0 amide bonds. The number of hydrogen-bond donors (Lipinski definition) is 1. The van der Waals surface area contributed by atoms with Crippen LogP contribution in [0.4, 0.5) is 0 Å². The lowest BCUT2D eigenvalue weighted by Crippen LogP contribution is -2.42. The fourth-order valence-corrected chi connectivity index (χ4v) is 4.10. The molecule has 1 unspecified atom stereocenters. The highest BCUT2D eigenvalue weighted by Gasteiger charge is 2.38. The van der Waals surface area contributed by atoms with Crippen LogP contribution in [-0.2, 0) is 17.1 Å². The van der Waals surface area contributed by atoms with Gasteiger partial charge < -0.3 is 10.3 Å². The van der Waals surface area contributed by atoms with Crippen LogP contribution in [0.1, 0.15) is 18.7 Å². The average molecular weight is 288 g/mol. The molecule has 2 heterocycles. The van der Waals surface area contributed by atoms with E-state index in [1.807, 2.05) is 0 Å². The SMILES string of the molecule is Cc1nc(S(=O)(=O)N2CCCC2C(N)=S)cn1C. The van der Waals surface area contributed by atoms with Gasteiger partial charge in [0.05, 0.1) is 11.0 Å². The molecule has 2 N–H and O–H groups in total. The van der Waals surface area contributed by atoms with E-state index in [1.165, 1.54) is 10.5 Å². The van der Waals surface area contributed by atoms with Crippen LogP contribution in [0.25, 0.3) is 0 Å². The molecule has 1 aliphatic rings. The van der Waals surface area contributed by atoms with Crippen molar-refractivity contribution in [1.82, 2.24) is 13.9 Å². The second-order valence-electron chi connectivity index (χ2n) is 4.41. The van der Waals surface area contributed by atoms with Gasteiger partial charge in [-0.15, -0.1) is 0 Å². The van der Waals surface area contributed by atoms with Crippen LogP contribution >= 0.6 is 12.2 Å². The number of aryl methyl sites for hydroxylation is 2. The molecule has 1 saturated heterocycles. The summed E-state index contributed by atoms with van der Waals surface area (Å²) in [6.07, 6.45) is 2.97. The maximum Gasteiger partial charge on any atom is 0.262 e. The van der Waals surface area contributed by atoms with Gasteiger partial charge in [-0.1, -0.05) is 12.2 Å². The average Bonchev–Trinajstić information content (AvgIpc) is 2.87. The van der Waals surface area contributed by atoms with Gasteiger partial charge in [-0.05, 0) is 19.8 Å². The first-order valence-corrected chi connectivity index (χ1v) is 7.50. The normalized spacial score (nSPS) is 21.3. The van der Waals surface area contributed by atoms with Crippen molar-refractivity contribution in [2.24, 2.45) is 12.8 Å². The molecule has 1 aromatic heterocycles. The largest absolute Gasteiger partial charge is 0.392 e. The third-order valence-electron chi connectivity index (χ3n) is 3.19. The summed E-state index contributed by atoms with van der Waals surface area (Å²) in [6.45, 7) is 2.20. The number of rotatable bonds is 3. The first kappa shape index (κ1) is 13.4. The van der Waals surface area contributed by atoms with Crippen LogP contribution in [0.5, 0.6) is 0 Å². The lowest BCUT2D eigenvalue weighted by Gasteiger charge is -2.21. The van der Waals surface area contributed by atoms with Gasteiger partial charge in [0.25, 0.3) is 10.0 Å². The Hall–Kier alpha value is -0.990.